The monoisotopic (exact) mass is 473 g/mol. The van der Waals surface area contributed by atoms with E-state index in [1.165, 1.54) is 29.5 Å². The van der Waals surface area contributed by atoms with E-state index >= 15 is 0 Å². The Morgan fingerprint density at radius 1 is 1.06 bits per heavy atom. The van der Waals surface area contributed by atoms with Crippen molar-refractivity contribution in [3.05, 3.63) is 59.1 Å². The van der Waals surface area contributed by atoms with E-state index in [0.717, 1.165) is 5.69 Å². The number of fused-ring (bicyclic) bond motifs is 1. The van der Waals surface area contributed by atoms with Crippen LogP contribution < -0.4 is 19.5 Å². The van der Waals surface area contributed by atoms with Crippen molar-refractivity contribution >= 4 is 38.1 Å². The molecule has 0 bridgehead atoms. The number of anilines is 2. The van der Waals surface area contributed by atoms with Gasteiger partial charge in [0.1, 0.15) is 13.2 Å². The Bertz CT molecular complexity index is 1260. The van der Waals surface area contributed by atoms with Crippen LogP contribution in [0.2, 0.25) is 0 Å². The highest BCUT2D eigenvalue weighted by Crippen LogP contribution is 2.33. The lowest BCUT2D eigenvalue weighted by Gasteiger charge is -2.19. The number of benzene rings is 2. The molecule has 1 aliphatic rings. The van der Waals surface area contributed by atoms with Gasteiger partial charge in [-0.15, -0.1) is 11.3 Å². The van der Waals surface area contributed by atoms with Crippen molar-refractivity contribution in [3.8, 4) is 11.5 Å². The predicted octanol–water partition coefficient (Wildman–Crippen LogP) is 4.26. The molecule has 0 spiro atoms. The number of thiazole rings is 1. The number of carbonyl (C=O) groups excluding carboxylic acids is 1. The van der Waals surface area contributed by atoms with Crippen molar-refractivity contribution in [1.82, 2.24) is 4.98 Å². The Morgan fingerprint density at radius 2 is 1.81 bits per heavy atom. The number of hydrogen-bond donors (Lipinski definition) is 2. The molecule has 168 valence electrons. The molecule has 32 heavy (non-hydrogen) atoms. The van der Waals surface area contributed by atoms with Crippen LogP contribution in [0.15, 0.2) is 52.7 Å². The zero-order valence-electron chi connectivity index (χ0n) is 17.8. The molecule has 0 saturated heterocycles. The lowest BCUT2D eigenvalue weighted by Crippen LogP contribution is -2.18. The fourth-order valence-corrected chi connectivity index (χ4v) is 4.97. The molecule has 1 aromatic heterocycles. The van der Waals surface area contributed by atoms with Crippen molar-refractivity contribution in [2.24, 2.45) is 0 Å². The summed E-state index contributed by atoms with van der Waals surface area (Å²) in [5, 5.41) is 5.17. The van der Waals surface area contributed by atoms with E-state index in [4.69, 9.17) is 9.47 Å². The standard InChI is InChI=1S/C22H23N3O5S2/c1-22(2,3)19-13-31-21(23-19)24-20(26)14-5-4-6-15(11-14)25-32(27,28)16-7-8-17-18(12-16)30-10-9-29-17/h4-8,11-13,25H,9-10H2,1-3H3,(H,23,24,26). The molecule has 0 saturated carbocycles. The summed E-state index contributed by atoms with van der Waals surface area (Å²) in [7, 11) is -3.89. The summed E-state index contributed by atoms with van der Waals surface area (Å²) < 4.78 is 39.1. The van der Waals surface area contributed by atoms with Gasteiger partial charge in [-0.05, 0) is 30.3 Å². The molecule has 0 atom stereocenters. The van der Waals surface area contributed by atoms with Crippen LogP contribution in [0.25, 0.3) is 0 Å². The summed E-state index contributed by atoms with van der Waals surface area (Å²) in [6.07, 6.45) is 0. The maximum absolute atomic E-state index is 12.8. The fourth-order valence-electron chi connectivity index (χ4n) is 2.97. The van der Waals surface area contributed by atoms with E-state index < -0.39 is 10.0 Å². The Labute approximate surface area is 190 Å². The van der Waals surface area contributed by atoms with Gasteiger partial charge in [-0.2, -0.15) is 0 Å². The molecule has 10 heteroatoms. The second-order valence-electron chi connectivity index (χ2n) is 8.23. The maximum atomic E-state index is 12.8. The van der Waals surface area contributed by atoms with Gasteiger partial charge in [0.25, 0.3) is 15.9 Å². The Balaban J connectivity index is 1.50. The second kappa shape index (κ2) is 8.44. The van der Waals surface area contributed by atoms with Crippen molar-refractivity contribution in [2.75, 3.05) is 23.3 Å². The number of hydrogen-bond acceptors (Lipinski definition) is 7. The summed E-state index contributed by atoms with van der Waals surface area (Å²) in [6, 6.07) is 10.7. The molecule has 2 heterocycles. The highest BCUT2D eigenvalue weighted by molar-refractivity contribution is 7.92. The molecule has 4 rings (SSSR count). The average Bonchev–Trinajstić information content (AvgIpc) is 3.22. The topological polar surface area (TPSA) is 107 Å². The van der Waals surface area contributed by atoms with Crippen LogP contribution in [-0.2, 0) is 15.4 Å². The van der Waals surface area contributed by atoms with Gasteiger partial charge in [-0.1, -0.05) is 26.8 Å². The third-order valence-electron chi connectivity index (χ3n) is 4.69. The Hall–Kier alpha value is -3.11. The van der Waals surface area contributed by atoms with Crippen LogP contribution in [0.3, 0.4) is 0 Å². The maximum Gasteiger partial charge on any atom is 0.262 e. The lowest BCUT2D eigenvalue weighted by molar-refractivity contribution is 0.102. The minimum atomic E-state index is -3.89. The van der Waals surface area contributed by atoms with Crippen LogP contribution in [0.5, 0.6) is 11.5 Å². The van der Waals surface area contributed by atoms with E-state index in [1.807, 2.05) is 26.2 Å². The number of nitrogens with one attached hydrogen (secondary N) is 2. The first kappa shape index (κ1) is 22.1. The van der Waals surface area contributed by atoms with Crippen molar-refractivity contribution < 1.29 is 22.7 Å². The van der Waals surface area contributed by atoms with Gasteiger partial charge in [-0.25, -0.2) is 13.4 Å². The highest BCUT2D eigenvalue weighted by Gasteiger charge is 2.21. The number of ether oxygens (including phenoxy) is 2. The van der Waals surface area contributed by atoms with Crippen molar-refractivity contribution in [2.45, 2.75) is 31.1 Å². The number of nitrogens with zero attached hydrogens (tertiary/aromatic N) is 1. The van der Waals surface area contributed by atoms with Gasteiger partial charge in [0.2, 0.25) is 0 Å². The first-order chi connectivity index (χ1) is 15.1. The van der Waals surface area contributed by atoms with E-state index in [0.29, 0.717) is 35.4 Å². The molecular weight excluding hydrogens is 450 g/mol. The summed E-state index contributed by atoms with van der Waals surface area (Å²) in [6.45, 7) is 6.92. The minimum absolute atomic E-state index is 0.0362. The van der Waals surface area contributed by atoms with Crippen molar-refractivity contribution in [3.63, 3.8) is 0 Å². The normalized spacial score (nSPS) is 13.5. The minimum Gasteiger partial charge on any atom is -0.486 e. The highest BCUT2D eigenvalue weighted by atomic mass is 32.2. The van der Waals surface area contributed by atoms with Gasteiger partial charge < -0.3 is 9.47 Å². The predicted molar refractivity (Wildman–Crippen MR) is 123 cm³/mol. The van der Waals surface area contributed by atoms with Gasteiger partial charge in [-0.3, -0.25) is 14.8 Å². The molecule has 2 aromatic carbocycles. The third-order valence-corrected chi connectivity index (χ3v) is 6.83. The van der Waals surface area contributed by atoms with Crippen molar-refractivity contribution in [1.29, 1.82) is 0 Å². The molecule has 0 aliphatic carbocycles. The zero-order chi connectivity index (χ0) is 22.9. The molecule has 0 radical (unpaired) electrons. The van der Waals surface area contributed by atoms with E-state index in [1.54, 1.807) is 24.3 Å². The zero-order valence-corrected chi connectivity index (χ0v) is 19.5. The van der Waals surface area contributed by atoms with E-state index in [2.05, 4.69) is 15.0 Å². The first-order valence-corrected chi connectivity index (χ1v) is 12.3. The fraction of sp³-hybridized carbons (Fsp3) is 0.273. The molecular formula is C22H23N3O5S2. The van der Waals surface area contributed by atoms with Crippen LogP contribution >= 0.6 is 11.3 Å². The van der Waals surface area contributed by atoms with Crippen LogP contribution in [0, 0.1) is 0 Å². The van der Waals surface area contributed by atoms with Crippen LogP contribution in [-0.4, -0.2) is 32.5 Å². The van der Waals surface area contributed by atoms with Gasteiger partial charge in [0, 0.05) is 28.1 Å². The van der Waals surface area contributed by atoms with E-state index in [9.17, 15) is 13.2 Å². The third kappa shape index (κ3) is 4.86. The summed E-state index contributed by atoms with van der Waals surface area (Å²) in [5.41, 5.74) is 1.34. The molecule has 0 fully saturated rings. The summed E-state index contributed by atoms with van der Waals surface area (Å²) >= 11 is 1.35. The largest absolute Gasteiger partial charge is 0.486 e. The second-order valence-corrected chi connectivity index (χ2v) is 10.8. The molecule has 8 nitrogen and oxygen atoms in total. The molecule has 2 N–H and O–H groups in total. The smallest absolute Gasteiger partial charge is 0.262 e. The SMILES string of the molecule is CC(C)(C)c1csc(NC(=O)c2cccc(NS(=O)(=O)c3ccc4c(c3)OCCO4)c2)n1. The van der Waals surface area contributed by atoms with E-state index in [-0.39, 0.29) is 21.9 Å². The van der Waals surface area contributed by atoms with Crippen LogP contribution in [0.4, 0.5) is 10.8 Å². The van der Waals surface area contributed by atoms with Crippen LogP contribution in [0.1, 0.15) is 36.8 Å². The quantitative estimate of drug-likeness (QED) is 0.573. The molecule has 1 amide bonds. The lowest BCUT2D eigenvalue weighted by atomic mass is 9.93. The number of aromatic nitrogens is 1. The Morgan fingerprint density at radius 3 is 2.53 bits per heavy atom. The number of rotatable bonds is 5. The average molecular weight is 474 g/mol. The molecule has 3 aromatic rings. The number of carbonyl (C=O) groups is 1. The van der Waals surface area contributed by atoms with Gasteiger partial charge in [0.05, 0.1) is 10.6 Å². The number of amides is 1. The first-order valence-electron chi connectivity index (χ1n) is 9.92. The van der Waals surface area contributed by atoms with Gasteiger partial charge in [0.15, 0.2) is 16.6 Å². The summed E-state index contributed by atoms with van der Waals surface area (Å²) in [5.74, 6) is 0.510. The summed E-state index contributed by atoms with van der Waals surface area (Å²) in [4.78, 5) is 17.2. The number of sulfonamides is 1. The Kier molecular flexibility index (Phi) is 5.83. The molecule has 0 unspecified atom stereocenters. The van der Waals surface area contributed by atoms with Gasteiger partial charge >= 0.3 is 0 Å². The molecule has 1 aliphatic heterocycles.